The summed E-state index contributed by atoms with van der Waals surface area (Å²) in [5, 5.41) is 0.629. The first-order chi connectivity index (χ1) is 8.63. The first-order valence-corrected chi connectivity index (χ1v) is 5.90. The molecule has 0 amide bonds. The Kier molecular flexibility index (Phi) is 2.45. The number of fused-ring (bicyclic) bond motifs is 1. The molecule has 3 aromatic rings. The molecule has 3 N–H and O–H groups in total. The molecule has 0 aliphatic carbocycles. The Bertz CT molecular complexity index is 733. The van der Waals surface area contributed by atoms with Crippen molar-refractivity contribution in [2.45, 2.75) is 6.92 Å². The topological polar surface area (TPSA) is 67.6 Å². The number of hydrogen-bond donors (Lipinski definition) is 2. The summed E-state index contributed by atoms with van der Waals surface area (Å²) in [7, 11) is 0. The van der Waals surface area contributed by atoms with Crippen LogP contribution in [0, 0.1) is 6.92 Å². The molecule has 5 heteroatoms. The van der Waals surface area contributed by atoms with E-state index in [2.05, 4.69) is 15.0 Å². The average molecular weight is 259 g/mol. The minimum absolute atomic E-state index is 0.629. The first-order valence-electron chi connectivity index (χ1n) is 5.52. The second-order valence-electron chi connectivity index (χ2n) is 4.14. The van der Waals surface area contributed by atoms with Gasteiger partial charge >= 0.3 is 0 Å². The van der Waals surface area contributed by atoms with Gasteiger partial charge in [0.05, 0.1) is 5.52 Å². The Morgan fingerprint density at radius 1 is 1.17 bits per heavy atom. The van der Waals surface area contributed by atoms with Gasteiger partial charge in [0, 0.05) is 22.0 Å². The fourth-order valence-electron chi connectivity index (χ4n) is 1.85. The molecule has 18 heavy (non-hydrogen) atoms. The first kappa shape index (κ1) is 11.0. The number of hydrogen-bond acceptors (Lipinski definition) is 3. The number of imidazole rings is 1. The molecular weight excluding hydrogens is 248 g/mol. The van der Waals surface area contributed by atoms with Crippen molar-refractivity contribution in [2.75, 3.05) is 5.73 Å². The number of nitrogens with zero attached hydrogens (tertiary/aromatic N) is 2. The third-order valence-corrected chi connectivity index (χ3v) is 2.99. The molecule has 0 aliphatic rings. The maximum absolute atomic E-state index is 5.98. The Morgan fingerprint density at radius 2 is 2.00 bits per heavy atom. The monoisotopic (exact) mass is 258 g/mol. The van der Waals surface area contributed by atoms with E-state index in [0.717, 1.165) is 16.8 Å². The lowest BCUT2D eigenvalue weighted by Crippen LogP contribution is -1.91. The number of pyridine rings is 1. The molecule has 1 aromatic carbocycles. The van der Waals surface area contributed by atoms with Gasteiger partial charge in [-0.25, -0.2) is 9.97 Å². The summed E-state index contributed by atoms with van der Waals surface area (Å²) in [4.78, 5) is 12.0. The molecule has 0 atom stereocenters. The van der Waals surface area contributed by atoms with Crippen LogP contribution in [0.2, 0.25) is 5.02 Å². The number of H-pyrrole nitrogens is 1. The highest BCUT2D eigenvalue weighted by atomic mass is 35.5. The predicted molar refractivity (Wildman–Crippen MR) is 73.5 cm³/mol. The second kappa shape index (κ2) is 3.99. The number of halogens is 1. The lowest BCUT2D eigenvalue weighted by molar-refractivity contribution is 1.22. The summed E-state index contributed by atoms with van der Waals surface area (Å²) >= 11 is 5.98. The van der Waals surface area contributed by atoms with Crippen LogP contribution >= 0.6 is 11.6 Å². The Morgan fingerprint density at radius 3 is 2.83 bits per heavy atom. The molecule has 2 heterocycles. The zero-order valence-electron chi connectivity index (χ0n) is 9.74. The van der Waals surface area contributed by atoms with Gasteiger partial charge in [-0.3, -0.25) is 0 Å². The van der Waals surface area contributed by atoms with E-state index in [-0.39, 0.29) is 0 Å². The normalized spacial score (nSPS) is 11.0. The number of benzene rings is 1. The lowest BCUT2D eigenvalue weighted by Gasteiger charge is -2.02. The van der Waals surface area contributed by atoms with Crippen molar-refractivity contribution in [2.24, 2.45) is 0 Å². The van der Waals surface area contributed by atoms with Crippen molar-refractivity contribution in [3.63, 3.8) is 0 Å². The number of nitrogens with two attached hydrogens (primary N) is 1. The summed E-state index contributed by atoms with van der Waals surface area (Å²) in [5.74, 6) is 0.683. The van der Waals surface area contributed by atoms with Gasteiger partial charge in [-0.05, 0) is 37.3 Å². The summed E-state index contributed by atoms with van der Waals surface area (Å²) in [5.41, 5.74) is 9.86. The average Bonchev–Trinajstić information content (AvgIpc) is 2.74. The predicted octanol–water partition coefficient (Wildman–Crippen LogP) is 3.17. The highest BCUT2D eigenvalue weighted by Gasteiger charge is 2.09. The molecule has 2 aromatic heterocycles. The second-order valence-corrected chi connectivity index (χ2v) is 4.58. The summed E-state index contributed by atoms with van der Waals surface area (Å²) in [6.45, 7) is 1.93. The van der Waals surface area contributed by atoms with Crippen molar-refractivity contribution in [1.82, 2.24) is 15.0 Å². The lowest BCUT2D eigenvalue weighted by atomic mass is 10.2. The molecule has 0 bridgehead atoms. The minimum atomic E-state index is 0.629. The van der Waals surface area contributed by atoms with Crippen molar-refractivity contribution < 1.29 is 0 Å². The third-order valence-electron chi connectivity index (χ3n) is 2.76. The maximum Gasteiger partial charge on any atom is 0.178 e. The van der Waals surface area contributed by atoms with Gasteiger partial charge in [-0.2, -0.15) is 0 Å². The van der Waals surface area contributed by atoms with Crippen LogP contribution in [0.3, 0.4) is 0 Å². The molecule has 0 unspecified atom stereocenters. The minimum Gasteiger partial charge on any atom is -0.398 e. The Balaban J connectivity index is 2.22. The number of anilines is 1. The Hall–Kier alpha value is -2.07. The van der Waals surface area contributed by atoms with E-state index in [9.17, 15) is 0 Å². The van der Waals surface area contributed by atoms with Gasteiger partial charge in [0.2, 0.25) is 0 Å². The number of nitrogen functional groups attached to an aromatic ring is 1. The summed E-state index contributed by atoms with van der Waals surface area (Å²) in [6.07, 6.45) is 0. The van der Waals surface area contributed by atoms with E-state index < -0.39 is 0 Å². The molecule has 4 nitrogen and oxygen atoms in total. The van der Waals surface area contributed by atoms with Crippen LogP contribution in [-0.4, -0.2) is 15.0 Å². The van der Waals surface area contributed by atoms with E-state index in [1.165, 1.54) is 0 Å². The summed E-state index contributed by atoms with van der Waals surface area (Å²) in [6, 6.07) is 9.21. The van der Waals surface area contributed by atoms with Crippen molar-refractivity contribution in [1.29, 1.82) is 0 Å². The molecule has 0 saturated carbocycles. The number of aromatic nitrogens is 3. The number of aryl methyl sites for hydroxylation is 1. The van der Waals surface area contributed by atoms with Gasteiger partial charge in [-0.1, -0.05) is 11.6 Å². The zero-order valence-corrected chi connectivity index (χ0v) is 10.5. The molecule has 0 radical (unpaired) electrons. The van der Waals surface area contributed by atoms with Gasteiger partial charge in [0.1, 0.15) is 5.82 Å². The fraction of sp³-hybridized carbons (Fsp3) is 0.0769. The largest absolute Gasteiger partial charge is 0.398 e. The van der Waals surface area contributed by atoms with Crippen molar-refractivity contribution in [3.05, 3.63) is 41.0 Å². The molecule has 0 fully saturated rings. The molecule has 3 rings (SSSR count). The quantitative estimate of drug-likeness (QED) is 0.659. The van der Waals surface area contributed by atoms with E-state index in [0.29, 0.717) is 22.2 Å². The Labute approximate surface area is 109 Å². The van der Waals surface area contributed by atoms with Crippen LogP contribution in [0.1, 0.15) is 5.69 Å². The van der Waals surface area contributed by atoms with Crippen LogP contribution in [0.15, 0.2) is 30.3 Å². The van der Waals surface area contributed by atoms with Gasteiger partial charge in [-0.15, -0.1) is 0 Å². The molecular formula is C13H11ClN4. The fourth-order valence-corrected chi connectivity index (χ4v) is 2.02. The highest BCUT2D eigenvalue weighted by molar-refractivity contribution is 6.31. The summed E-state index contributed by atoms with van der Waals surface area (Å²) < 4.78 is 0. The number of nitrogens with one attached hydrogen (secondary N) is 1. The number of aromatic amines is 1. The van der Waals surface area contributed by atoms with Gasteiger partial charge in [0.15, 0.2) is 5.65 Å². The van der Waals surface area contributed by atoms with Crippen LogP contribution < -0.4 is 5.73 Å². The van der Waals surface area contributed by atoms with Crippen molar-refractivity contribution in [3.8, 4) is 11.4 Å². The smallest absolute Gasteiger partial charge is 0.178 e. The third kappa shape index (κ3) is 1.80. The van der Waals surface area contributed by atoms with E-state index in [4.69, 9.17) is 17.3 Å². The van der Waals surface area contributed by atoms with Crippen LogP contribution in [0.4, 0.5) is 5.69 Å². The van der Waals surface area contributed by atoms with E-state index in [1.54, 1.807) is 18.2 Å². The van der Waals surface area contributed by atoms with E-state index >= 15 is 0 Å². The molecule has 0 spiro atoms. The number of rotatable bonds is 1. The SMILES string of the molecule is Cc1ccc2[nH]c(-c3cc(Cl)ccc3N)nc2n1. The van der Waals surface area contributed by atoms with Crippen molar-refractivity contribution >= 4 is 28.5 Å². The molecule has 0 aliphatic heterocycles. The zero-order chi connectivity index (χ0) is 12.7. The molecule has 0 saturated heterocycles. The highest BCUT2D eigenvalue weighted by Crippen LogP contribution is 2.28. The van der Waals surface area contributed by atoms with Crippen LogP contribution in [-0.2, 0) is 0 Å². The van der Waals surface area contributed by atoms with E-state index in [1.807, 2.05) is 19.1 Å². The van der Waals surface area contributed by atoms with Gasteiger partial charge in [0.25, 0.3) is 0 Å². The van der Waals surface area contributed by atoms with Crippen LogP contribution in [0.25, 0.3) is 22.6 Å². The van der Waals surface area contributed by atoms with Gasteiger partial charge < -0.3 is 10.7 Å². The maximum atomic E-state index is 5.98. The molecule has 90 valence electrons. The standard InChI is InChI=1S/C13H11ClN4/c1-7-2-5-11-13(16-7)18-12(17-11)9-6-8(14)3-4-10(9)15/h2-6H,15H2,1H3,(H,16,17,18). The van der Waals surface area contributed by atoms with Crippen LogP contribution in [0.5, 0.6) is 0 Å².